The van der Waals surface area contributed by atoms with E-state index in [-0.39, 0.29) is 27.9 Å². The topological polar surface area (TPSA) is 73.2 Å². The number of hydrogen-bond acceptors (Lipinski definition) is 4. The molecule has 1 aromatic heterocycles. The third-order valence-corrected chi connectivity index (χ3v) is 5.06. The highest BCUT2D eigenvalue weighted by Crippen LogP contribution is 2.25. The van der Waals surface area contributed by atoms with Crippen LogP contribution >= 0.6 is 11.6 Å². The molecule has 6 nitrogen and oxygen atoms in total. The predicted octanol–water partition coefficient (Wildman–Crippen LogP) is 2.76. The fraction of sp³-hybridized carbons (Fsp3) is 0.308. The molecule has 24 heavy (non-hydrogen) atoms. The molecule has 1 aromatic carbocycles. The lowest BCUT2D eigenvalue weighted by Gasteiger charge is -2.11. The molecule has 0 bridgehead atoms. The second kappa shape index (κ2) is 6.61. The van der Waals surface area contributed by atoms with E-state index in [9.17, 15) is 21.6 Å². The number of nitrogens with one attached hydrogen (secondary N) is 1. The molecule has 0 unspecified atom stereocenters. The molecule has 0 amide bonds. The summed E-state index contributed by atoms with van der Waals surface area (Å²) in [4.78, 5) is -0.172. The van der Waals surface area contributed by atoms with E-state index in [2.05, 4.69) is 14.6 Å². The number of ether oxygens (including phenoxy) is 1. The summed E-state index contributed by atoms with van der Waals surface area (Å²) in [5, 5.41) is 3.85. The number of sulfonamides is 1. The van der Waals surface area contributed by atoms with Crippen molar-refractivity contribution in [1.29, 1.82) is 0 Å². The minimum absolute atomic E-state index is 0.0610. The summed E-state index contributed by atoms with van der Waals surface area (Å²) in [7, 11) is -2.48. The molecule has 11 heteroatoms. The van der Waals surface area contributed by atoms with Crippen LogP contribution in [0.5, 0.6) is 5.75 Å². The van der Waals surface area contributed by atoms with Crippen LogP contribution in [0.15, 0.2) is 29.2 Å². The van der Waals surface area contributed by atoms with Gasteiger partial charge in [0.15, 0.2) is 0 Å². The minimum atomic E-state index is -4.82. The Morgan fingerprint density at radius 3 is 2.58 bits per heavy atom. The molecular formula is C13H13ClF3N3O3S. The third kappa shape index (κ3) is 4.40. The van der Waals surface area contributed by atoms with Crippen LogP contribution in [-0.4, -0.2) is 24.6 Å². The van der Waals surface area contributed by atoms with E-state index >= 15 is 0 Å². The molecule has 0 aliphatic rings. The van der Waals surface area contributed by atoms with Crippen LogP contribution in [0.1, 0.15) is 11.3 Å². The van der Waals surface area contributed by atoms with Gasteiger partial charge in [0.25, 0.3) is 0 Å². The van der Waals surface area contributed by atoms with Gasteiger partial charge in [0.05, 0.1) is 5.69 Å². The van der Waals surface area contributed by atoms with Gasteiger partial charge >= 0.3 is 6.36 Å². The van der Waals surface area contributed by atoms with E-state index in [4.69, 9.17) is 11.6 Å². The van der Waals surface area contributed by atoms with Gasteiger partial charge < -0.3 is 4.74 Å². The van der Waals surface area contributed by atoms with Crippen LogP contribution in [0, 0.1) is 6.92 Å². The Bertz CT molecular complexity index is 850. The molecule has 2 rings (SSSR count). The Morgan fingerprint density at radius 2 is 2.04 bits per heavy atom. The van der Waals surface area contributed by atoms with Gasteiger partial charge in [-0.15, -0.1) is 13.2 Å². The van der Waals surface area contributed by atoms with Gasteiger partial charge in [-0.25, -0.2) is 13.1 Å². The predicted molar refractivity (Wildman–Crippen MR) is 80.1 cm³/mol. The largest absolute Gasteiger partial charge is 0.573 e. The molecule has 1 N–H and O–H groups in total. The SMILES string of the molecule is Cc1nn(C)c(Cl)c1S(=O)(=O)NCc1cccc(OC(F)(F)F)c1. The first-order chi connectivity index (χ1) is 11.0. The summed E-state index contributed by atoms with van der Waals surface area (Å²) in [5.41, 5.74) is 0.502. The smallest absolute Gasteiger partial charge is 0.406 e. The first kappa shape index (κ1) is 18.6. The van der Waals surface area contributed by atoms with E-state index in [0.29, 0.717) is 0 Å². The van der Waals surface area contributed by atoms with Crippen LogP contribution in [0.2, 0.25) is 5.15 Å². The number of nitrogens with zero attached hydrogens (tertiary/aromatic N) is 2. The number of aromatic nitrogens is 2. The summed E-state index contributed by atoms with van der Waals surface area (Å²) >= 11 is 5.91. The summed E-state index contributed by atoms with van der Waals surface area (Å²) in [6.07, 6.45) is -4.82. The van der Waals surface area contributed by atoms with Crippen molar-refractivity contribution in [3.63, 3.8) is 0 Å². The lowest BCUT2D eigenvalue weighted by Crippen LogP contribution is -2.24. The van der Waals surface area contributed by atoms with Crippen molar-refractivity contribution in [3.05, 3.63) is 40.7 Å². The molecular weight excluding hydrogens is 371 g/mol. The standard InChI is InChI=1S/C13H13ClF3N3O3S/c1-8-11(12(14)20(2)19-8)24(21,22)18-7-9-4-3-5-10(6-9)23-13(15,16)17/h3-6,18H,7H2,1-2H3. The van der Waals surface area contributed by atoms with Gasteiger partial charge in [0.2, 0.25) is 10.0 Å². The Kier molecular flexibility index (Phi) is 5.11. The van der Waals surface area contributed by atoms with Crippen LogP contribution in [0.4, 0.5) is 13.2 Å². The molecule has 0 aliphatic carbocycles. The average molecular weight is 384 g/mol. The van der Waals surface area contributed by atoms with Crippen molar-refractivity contribution in [2.45, 2.75) is 24.7 Å². The van der Waals surface area contributed by atoms with Crippen LogP contribution in [0.25, 0.3) is 0 Å². The van der Waals surface area contributed by atoms with Crippen molar-refractivity contribution < 1.29 is 26.3 Å². The highest BCUT2D eigenvalue weighted by Gasteiger charge is 2.31. The quantitative estimate of drug-likeness (QED) is 0.861. The molecule has 0 atom stereocenters. The zero-order chi connectivity index (χ0) is 18.1. The van der Waals surface area contributed by atoms with Gasteiger partial charge in [-0.3, -0.25) is 4.68 Å². The van der Waals surface area contributed by atoms with Crippen molar-refractivity contribution >= 4 is 21.6 Å². The zero-order valence-corrected chi connectivity index (χ0v) is 14.1. The van der Waals surface area contributed by atoms with Gasteiger partial charge in [-0.2, -0.15) is 5.10 Å². The van der Waals surface area contributed by atoms with Crippen molar-refractivity contribution in [2.24, 2.45) is 7.05 Å². The van der Waals surface area contributed by atoms with E-state index in [1.54, 1.807) is 0 Å². The Hall–Kier alpha value is -1.78. The Balaban J connectivity index is 2.17. The molecule has 0 spiro atoms. The van der Waals surface area contributed by atoms with Crippen LogP contribution in [-0.2, 0) is 23.6 Å². The summed E-state index contributed by atoms with van der Waals surface area (Å²) in [6, 6.07) is 5.00. The van der Waals surface area contributed by atoms with E-state index < -0.39 is 22.1 Å². The van der Waals surface area contributed by atoms with Crippen LogP contribution in [0.3, 0.4) is 0 Å². The third-order valence-electron chi connectivity index (χ3n) is 2.97. The lowest BCUT2D eigenvalue weighted by atomic mass is 10.2. The Morgan fingerprint density at radius 1 is 1.38 bits per heavy atom. The molecule has 0 saturated heterocycles. The number of benzene rings is 1. The first-order valence-electron chi connectivity index (χ1n) is 6.53. The maximum absolute atomic E-state index is 12.3. The maximum atomic E-state index is 12.3. The highest BCUT2D eigenvalue weighted by molar-refractivity contribution is 7.89. The molecule has 0 radical (unpaired) electrons. The highest BCUT2D eigenvalue weighted by atomic mass is 35.5. The van der Waals surface area contributed by atoms with E-state index in [1.165, 1.54) is 30.8 Å². The van der Waals surface area contributed by atoms with Crippen molar-refractivity contribution in [3.8, 4) is 5.75 Å². The molecule has 1 heterocycles. The van der Waals surface area contributed by atoms with Gasteiger partial charge in [-0.05, 0) is 24.6 Å². The normalized spacial score (nSPS) is 12.4. The summed E-state index contributed by atoms with van der Waals surface area (Å²) < 4.78 is 68.5. The zero-order valence-electron chi connectivity index (χ0n) is 12.6. The Labute approximate surface area is 141 Å². The lowest BCUT2D eigenvalue weighted by molar-refractivity contribution is -0.274. The number of aryl methyl sites for hydroxylation is 2. The fourth-order valence-corrected chi connectivity index (χ4v) is 3.78. The number of halogens is 4. The number of alkyl halides is 3. The second-order valence-electron chi connectivity index (χ2n) is 4.85. The number of hydrogen-bond donors (Lipinski definition) is 1. The summed E-state index contributed by atoms with van der Waals surface area (Å²) in [6.45, 7) is 1.25. The van der Waals surface area contributed by atoms with Crippen molar-refractivity contribution in [2.75, 3.05) is 0 Å². The van der Waals surface area contributed by atoms with Crippen molar-refractivity contribution in [1.82, 2.24) is 14.5 Å². The van der Waals surface area contributed by atoms with Gasteiger partial charge in [-0.1, -0.05) is 23.7 Å². The first-order valence-corrected chi connectivity index (χ1v) is 8.39. The second-order valence-corrected chi connectivity index (χ2v) is 6.91. The molecule has 2 aromatic rings. The number of rotatable bonds is 5. The van der Waals surface area contributed by atoms with Crippen LogP contribution < -0.4 is 9.46 Å². The summed E-state index contributed by atoms with van der Waals surface area (Å²) in [5.74, 6) is -0.435. The fourth-order valence-electron chi connectivity index (χ4n) is 2.02. The molecule has 132 valence electrons. The molecule has 0 fully saturated rings. The van der Waals surface area contributed by atoms with Gasteiger partial charge in [0.1, 0.15) is 15.8 Å². The molecule has 0 saturated carbocycles. The monoisotopic (exact) mass is 383 g/mol. The average Bonchev–Trinajstić information content (AvgIpc) is 2.69. The maximum Gasteiger partial charge on any atom is 0.573 e. The van der Waals surface area contributed by atoms with Gasteiger partial charge in [0, 0.05) is 13.6 Å². The molecule has 0 aliphatic heterocycles. The van der Waals surface area contributed by atoms with E-state index in [1.807, 2.05) is 0 Å². The minimum Gasteiger partial charge on any atom is -0.406 e. The van der Waals surface area contributed by atoms with E-state index in [0.717, 1.165) is 12.1 Å².